The van der Waals surface area contributed by atoms with Gasteiger partial charge in [-0.3, -0.25) is 0 Å². The van der Waals surface area contributed by atoms with Crippen LogP contribution in [0.5, 0.6) is 0 Å². The lowest BCUT2D eigenvalue weighted by atomic mass is 10.4. The molecule has 3 N–H and O–H groups in total. The van der Waals surface area contributed by atoms with E-state index in [0.29, 0.717) is 31.0 Å². The number of halogens is 3. The van der Waals surface area contributed by atoms with Crippen molar-refractivity contribution in [3.63, 3.8) is 0 Å². The average molecular weight is 270 g/mol. The van der Waals surface area contributed by atoms with E-state index in [1.807, 2.05) is 0 Å². The molecule has 17 heavy (non-hydrogen) atoms. The summed E-state index contributed by atoms with van der Waals surface area (Å²) in [6.45, 7) is 3.01. The van der Waals surface area contributed by atoms with Crippen LogP contribution >= 0.6 is 11.3 Å². The van der Waals surface area contributed by atoms with Crippen molar-refractivity contribution in [2.75, 3.05) is 25.0 Å². The summed E-state index contributed by atoms with van der Waals surface area (Å²) in [4.78, 5) is 0. The predicted molar refractivity (Wildman–Crippen MR) is 58.0 cm³/mol. The van der Waals surface area contributed by atoms with Crippen molar-refractivity contribution in [2.24, 2.45) is 0 Å². The molecule has 0 aromatic carbocycles. The van der Waals surface area contributed by atoms with E-state index in [1.54, 1.807) is 6.92 Å². The molecular formula is C8H13F3N4OS. The number of aromatic nitrogens is 2. The minimum Gasteiger partial charge on any atom is -0.392 e. The number of anilines is 1. The van der Waals surface area contributed by atoms with Crippen molar-refractivity contribution in [3.8, 4) is 0 Å². The van der Waals surface area contributed by atoms with E-state index >= 15 is 0 Å². The van der Waals surface area contributed by atoms with Gasteiger partial charge in [-0.2, -0.15) is 13.2 Å². The Bertz CT molecular complexity index is 342. The molecule has 9 heteroatoms. The molecule has 0 fully saturated rings. The van der Waals surface area contributed by atoms with Crippen LogP contribution in [-0.2, 0) is 6.18 Å². The molecule has 0 radical (unpaired) electrons. The van der Waals surface area contributed by atoms with Crippen LogP contribution < -0.4 is 10.6 Å². The second-order valence-corrected chi connectivity index (χ2v) is 4.37. The zero-order chi connectivity index (χ0) is 12.9. The highest BCUT2D eigenvalue weighted by atomic mass is 32.1. The molecule has 1 heterocycles. The third-order valence-corrected chi connectivity index (χ3v) is 2.61. The van der Waals surface area contributed by atoms with Crippen LogP contribution in [0.3, 0.4) is 0 Å². The van der Waals surface area contributed by atoms with Crippen LogP contribution in [-0.4, -0.2) is 41.0 Å². The second-order valence-electron chi connectivity index (χ2n) is 3.39. The van der Waals surface area contributed by atoms with Gasteiger partial charge in [0, 0.05) is 19.6 Å². The summed E-state index contributed by atoms with van der Waals surface area (Å²) < 4.78 is 36.5. The molecule has 1 unspecified atom stereocenters. The van der Waals surface area contributed by atoms with E-state index in [-0.39, 0.29) is 5.13 Å². The maximum Gasteiger partial charge on any atom is 0.445 e. The molecule has 0 amide bonds. The Morgan fingerprint density at radius 1 is 1.35 bits per heavy atom. The molecule has 0 aliphatic rings. The fourth-order valence-corrected chi connectivity index (χ4v) is 1.61. The summed E-state index contributed by atoms with van der Waals surface area (Å²) in [6, 6.07) is 0. The van der Waals surface area contributed by atoms with Crippen molar-refractivity contribution in [1.82, 2.24) is 15.5 Å². The Balaban J connectivity index is 2.26. The first-order valence-corrected chi connectivity index (χ1v) is 5.74. The van der Waals surface area contributed by atoms with Gasteiger partial charge in [0.1, 0.15) is 0 Å². The smallest absolute Gasteiger partial charge is 0.392 e. The molecule has 0 bridgehead atoms. The quantitative estimate of drug-likeness (QED) is 0.671. The Labute approximate surface area is 100 Å². The largest absolute Gasteiger partial charge is 0.445 e. The Morgan fingerprint density at radius 2 is 2.06 bits per heavy atom. The maximum atomic E-state index is 12.2. The van der Waals surface area contributed by atoms with Crippen LogP contribution in [0.1, 0.15) is 11.9 Å². The summed E-state index contributed by atoms with van der Waals surface area (Å²) in [6.07, 6.45) is -4.89. The zero-order valence-electron chi connectivity index (χ0n) is 9.08. The first-order valence-electron chi connectivity index (χ1n) is 4.93. The Morgan fingerprint density at radius 3 is 2.59 bits per heavy atom. The minimum absolute atomic E-state index is 0.135. The van der Waals surface area contributed by atoms with Crippen molar-refractivity contribution in [2.45, 2.75) is 19.2 Å². The summed E-state index contributed by atoms with van der Waals surface area (Å²) in [5.41, 5.74) is 0. The van der Waals surface area contributed by atoms with E-state index in [1.165, 1.54) is 0 Å². The minimum atomic E-state index is -4.44. The number of nitrogens with one attached hydrogen (secondary N) is 2. The maximum absolute atomic E-state index is 12.2. The third-order valence-electron chi connectivity index (χ3n) is 1.69. The van der Waals surface area contributed by atoms with Gasteiger partial charge in [-0.25, -0.2) is 0 Å². The molecular weight excluding hydrogens is 257 g/mol. The van der Waals surface area contributed by atoms with Crippen LogP contribution in [0, 0.1) is 0 Å². The molecule has 0 aliphatic carbocycles. The van der Waals surface area contributed by atoms with Gasteiger partial charge >= 0.3 is 6.18 Å². The topological polar surface area (TPSA) is 70.1 Å². The molecule has 0 saturated carbocycles. The van der Waals surface area contributed by atoms with Gasteiger partial charge in [-0.05, 0) is 6.92 Å². The van der Waals surface area contributed by atoms with Gasteiger partial charge in [0.25, 0.3) is 0 Å². The van der Waals surface area contributed by atoms with Gasteiger partial charge in [-0.15, -0.1) is 10.2 Å². The monoisotopic (exact) mass is 270 g/mol. The fraction of sp³-hybridized carbons (Fsp3) is 0.750. The van der Waals surface area contributed by atoms with Crippen LogP contribution in [0.2, 0.25) is 0 Å². The predicted octanol–water partition coefficient (Wildman–Crippen LogP) is 0.939. The Hall–Kier alpha value is -0.930. The van der Waals surface area contributed by atoms with Gasteiger partial charge in [-0.1, -0.05) is 11.3 Å². The summed E-state index contributed by atoms with van der Waals surface area (Å²) in [5.74, 6) is 0. The van der Waals surface area contributed by atoms with Crippen LogP contribution in [0.4, 0.5) is 18.3 Å². The Kier molecular flexibility index (Phi) is 5.09. The van der Waals surface area contributed by atoms with Crippen molar-refractivity contribution in [3.05, 3.63) is 5.01 Å². The van der Waals surface area contributed by atoms with E-state index < -0.39 is 17.3 Å². The van der Waals surface area contributed by atoms with Crippen molar-refractivity contribution >= 4 is 16.5 Å². The average Bonchev–Trinajstić information content (AvgIpc) is 2.64. The van der Waals surface area contributed by atoms with E-state index in [9.17, 15) is 13.2 Å². The van der Waals surface area contributed by atoms with Gasteiger partial charge in [0.05, 0.1) is 6.10 Å². The first-order chi connectivity index (χ1) is 7.89. The first kappa shape index (κ1) is 14.1. The second kappa shape index (κ2) is 6.12. The fourth-order valence-electron chi connectivity index (χ4n) is 0.978. The van der Waals surface area contributed by atoms with E-state index in [2.05, 4.69) is 20.8 Å². The van der Waals surface area contributed by atoms with Crippen molar-refractivity contribution in [1.29, 1.82) is 0 Å². The number of alkyl halides is 3. The number of nitrogens with zero attached hydrogens (tertiary/aromatic N) is 2. The number of hydrogen-bond donors (Lipinski definition) is 3. The number of rotatable bonds is 6. The highest BCUT2D eigenvalue weighted by molar-refractivity contribution is 7.15. The van der Waals surface area contributed by atoms with Crippen LogP contribution in [0.15, 0.2) is 0 Å². The molecule has 1 atom stereocenters. The SMILES string of the molecule is CC(O)CNCCNc1nnc(C(F)(F)F)s1. The van der Waals surface area contributed by atoms with Crippen molar-refractivity contribution < 1.29 is 18.3 Å². The molecule has 0 aliphatic heterocycles. The molecule has 98 valence electrons. The molecule has 0 saturated heterocycles. The van der Waals surface area contributed by atoms with Crippen LogP contribution in [0.25, 0.3) is 0 Å². The number of aliphatic hydroxyl groups excluding tert-OH is 1. The van der Waals surface area contributed by atoms with Gasteiger partial charge < -0.3 is 15.7 Å². The lowest BCUT2D eigenvalue weighted by Crippen LogP contribution is -2.28. The molecule has 1 aromatic rings. The summed E-state index contributed by atoms with van der Waals surface area (Å²) in [7, 11) is 0. The highest BCUT2D eigenvalue weighted by Crippen LogP contribution is 2.32. The van der Waals surface area contributed by atoms with Gasteiger partial charge in [0.15, 0.2) is 0 Å². The molecule has 5 nitrogen and oxygen atoms in total. The van der Waals surface area contributed by atoms with E-state index in [0.717, 1.165) is 0 Å². The summed E-state index contributed by atoms with van der Waals surface area (Å²) >= 11 is 0.469. The lowest BCUT2D eigenvalue weighted by molar-refractivity contribution is -0.138. The number of hydrogen-bond acceptors (Lipinski definition) is 6. The van der Waals surface area contributed by atoms with E-state index in [4.69, 9.17) is 5.11 Å². The molecule has 1 aromatic heterocycles. The third kappa shape index (κ3) is 5.29. The molecule has 1 rings (SSSR count). The summed E-state index contributed by atoms with van der Waals surface area (Å²) in [5, 5.41) is 20.1. The normalized spacial score (nSPS) is 13.7. The lowest BCUT2D eigenvalue weighted by Gasteiger charge is -2.06. The number of aliphatic hydroxyl groups is 1. The zero-order valence-corrected chi connectivity index (χ0v) is 9.90. The highest BCUT2D eigenvalue weighted by Gasteiger charge is 2.35. The van der Waals surface area contributed by atoms with Gasteiger partial charge in [0.2, 0.25) is 10.1 Å². The standard InChI is InChI=1S/C8H13F3N4OS/c1-5(16)4-12-2-3-13-7-15-14-6(17-7)8(9,10)11/h5,12,16H,2-4H2,1H3,(H,13,15). The molecule has 0 spiro atoms.